The number of ether oxygens (including phenoxy) is 1. The summed E-state index contributed by atoms with van der Waals surface area (Å²) in [6, 6.07) is 5.95. The van der Waals surface area contributed by atoms with Crippen molar-refractivity contribution in [3.63, 3.8) is 0 Å². The molecule has 0 spiro atoms. The fourth-order valence-electron chi connectivity index (χ4n) is 2.61. The fraction of sp³-hybridized carbons (Fsp3) is 0.353. The predicted octanol–water partition coefficient (Wildman–Crippen LogP) is 2.08. The summed E-state index contributed by atoms with van der Waals surface area (Å²) in [6.45, 7) is 1.12. The zero-order valence-electron chi connectivity index (χ0n) is 15.1. The predicted molar refractivity (Wildman–Crippen MR) is 88.9 cm³/mol. The molecule has 3 amide bonds. The smallest absolute Gasteiger partial charge is 0.450 e. The third kappa shape index (κ3) is 4.52. The summed E-state index contributed by atoms with van der Waals surface area (Å²) in [7, 11) is 0. The van der Waals surface area contributed by atoms with Crippen LogP contribution in [0, 0.1) is 0 Å². The van der Waals surface area contributed by atoms with E-state index >= 15 is 0 Å². The Morgan fingerprint density at radius 2 is 1.79 bits per heavy atom. The van der Waals surface area contributed by atoms with Crippen LogP contribution in [0.15, 0.2) is 28.8 Å². The van der Waals surface area contributed by atoms with Crippen LogP contribution in [0.1, 0.15) is 18.4 Å². The molecule has 1 aliphatic rings. The Balaban J connectivity index is 1.67. The molecule has 0 bridgehead atoms. The van der Waals surface area contributed by atoms with Crippen LogP contribution in [0.4, 0.5) is 18.0 Å². The van der Waals surface area contributed by atoms with Gasteiger partial charge >= 0.3 is 18.2 Å². The van der Waals surface area contributed by atoms with Gasteiger partial charge in [0, 0.05) is 5.56 Å². The molecule has 1 aromatic carbocycles. The normalized spacial score (nSPS) is 15.0. The second-order valence-electron chi connectivity index (χ2n) is 6.05. The van der Waals surface area contributed by atoms with Gasteiger partial charge in [-0.25, -0.2) is 4.79 Å². The number of amides is 3. The molecule has 9 nitrogen and oxygen atoms in total. The summed E-state index contributed by atoms with van der Waals surface area (Å²) >= 11 is 0. The maximum atomic E-state index is 12.5. The van der Waals surface area contributed by atoms with Gasteiger partial charge < -0.3 is 9.26 Å². The van der Waals surface area contributed by atoms with Gasteiger partial charge in [-0.15, -0.1) is 0 Å². The lowest BCUT2D eigenvalue weighted by molar-refractivity contribution is -0.159. The number of halogens is 3. The molecule has 0 saturated carbocycles. The van der Waals surface area contributed by atoms with Crippen LogP contribution < -0.4 is 0 Å². The first-order valence-corrected chi connectivity index (χ1v) is 8.44. The van der Waals surface area contributed by atoms with Crippen molar-refractivity contribution in [1.29, 1.82) is 0 Å². The highest BCUT2D eigenvalue weighted by Crippen LogP contribution is 2.29. The Morgan fingerprint density at radius 1 is 1.17 bits per heavy atom. The van der Waals surface area contributed by atoms with E-state index in [2.05, 4.69) is 14.7 Å². The third-order valence-electron chi connectivity index (χ3n) is 4.00. The minimum Gasteiger partial charge on any atom is -0.450 e. The lowest BCUT2D eigenvalue weighted by Gasteiger charge is -2.32. The van der Waals surface area contributed by atoms with Gasteiger partial charge in [0.05, 0.1) is 13.2 Å². The van der Waals surface area contributed by atoms with E-state index in [1.807, 2.05) is 0 Å². The third-order valence-corrected chi connectivity index (χ3v) is 4.00. The molecule has 0 unspecified atom stereocenters. The van der Waals surface area contributed by atoms with Gasteiger partial charge in [0.1, 0.15) is 13.1 Å². The van der Waals surface area contributed by atoms with Crippen LogP contribution in [0.25, 0.3) is 11.4 Å². The zero-order chi connectivity index (χ0) is 21.2. The molecule has 1 aromatic heterocycles. The fourth-order valence-corrected chi connectivity index (χ4v) is 2.61. The summed E-state index contributed by atoms with van der Waals surface area (Å²) < 4.78 is 46.6. The average Bonchev–Trinajstić information content (AvgIpc) is 3.16. The topological polar surface area (TPSA) is 106 Å². The van der Waals surface area contributed by atoms with E-state index < -0.39 is 30.0 Å². The molecule has 1 fully saturated rings. The van der Waals surface area contributed by atoms with Gasteiger partial charge in [0.2, 0.25) is 17.6 Å². The van der Waals surface area contributed by atoms with Crippen LogP contribution in [-0.4, -0.2) is 57.5 Å². The van der Waals surface area contributed by atoms with Crippen molar-refractivity contribution in [1.82, 2.24) is 19.9 Å². The number of hydrogen-bond acceptors (Lipinski definition) is 7. The van der Waals surface area contributed by atoms with E-state index in [-0.39, 0.29) is 37.6 Å². The summed E-state index contributed by atoms with van der Waals surface area (Å²) in [5.41, 5.74) is 0.831. The Labute approximate surface area is 162 Å². The van der Waals surface area contributed by atoms with E-state index in [0.717, 1.165) is 9.80 Å². The number of carbonyl (C=O) groups is 3. The van der Waals surface area contributed by atoms with Crippen molar-refractivity contribution >= 4 is 17.9 Å². The zero-order valence-corrected chi connectivity index (χ0v) is 15.1. The lowest BCUT2D eigenvalue weighted by atomic mass is 10.1. The first-order chi connectivity index (χ1) is 13.7. The molecule has 1 saturated heterocycles. The van der Waals surface area contributed by atoms with E-state index in [4.69, 9.17) is 4.74 Å². The molecular formula is C17H15F3N4O5. The minimum absolute atomic E-state index is 0.0470. The average molecular weight is 412 g/mol. The molecule has 3 rings (SSSR count). The molecule has 2 heterocycles. The van der Waals surface area contributed by atoms with Crippen LogP contribution in [0.3, 0.4) is 0 Å². The van der Waals surface area contributed by atoms with Gasteiger partial charge in [0.25, 0.3) is 0 Å². The van der Waals surface area contributed by atoms with E-state index in [1.54, 1.807) is 6.92 Å². The van der Waals surface area contributed by atoms with Gasteiger partial charge in [-0.3, -0.25) is 19.4 Å². The molecule has 0 aliphatic carbocycles. The first kappa shape index (κ1) is 20.3. The van der Waals surface area contributed by atoms with Crippen molar-refractivity contribution in [2.45, 2.75) is 19.6 Å². The molecule has 29 heavy (non-hydrogen) atoms. The van der Waals surface area contributed by atoms with Crippen molar-refractivity contribution in [3.05, 3.63) is 35.7 Å². The number of rotatable bonds is 4. The van der Waals surface area contributed by atoms with Crippen molar-refractivity contribution in [3.8, 4) is 11.4 Å². The van der Waals surface area contributed by atoms with Crippen LogP contribution in [0.2, 0.25) is 0 Å². The largest absolute Gasteiger partial charge is 0.471 e. The number of hydrogen-bond donors (Lipinski definition) is 0. The van der Waals surface area contributed by atoms with Crippen molar-refractivity contribution < 1.29 is 36.8 Å². The highest BCUT2D eigenvalue weighted by molar-refractivity contribution is 6.01. The van der Waals surface area contributed by atoms with Crippen molar-refractivity contribution in [2.75, 3.05) is 19.7 Å². The minimum atomic E-state index is -4.74. The monoisotopic (exact) mass is 412 g/mol. The van der Waals surface area contributed by atoms with Crippen LogP contribution in [0.5, 0.6) is 0 Å². The Bertz CT molecular complexity index is 908. The molecule has 154 valence electrons. The molecule has 12 heteroatoms. The second kappa shape index (κ2) is 7.89. The first-order valence-electron chi connectivity index (χ1n) is 8.44. The van der Waals surface area contributed by atoms with Gasteiger partial charge in [-0.1, -0.05) is 29.4 Å². The second-order valence-corrected chi connectivity index (χ2v) is 6.05. The molecule has 0 atom stereocenters. The maximum Gasteiger partial charge on any atom is 0.471 e. The Morgan fingerprint density at radius 3 is 2.31 bits per heavy atom. The lowest BCUT2D eigenvalue weighted by Crippen LogP contribution is -2.55. The van der Waals surface area contributed by atoms with Crippen LogP contribution in [-0.2, 0) is 27.0 Å². The summed E-state index contributed by atoms with van der Waals surface area (Å²) in [5.74, 6) is -2.82. The number of imide groups is 1. The van der Waals surface area contributed by atoms with E-state index in [1.165, 1.54) is 24.3 Å². The van der Waals surface area contributed by atoms with Gasteiger partial charge in [0.15, 0.2) is 0 Å². The number of aromatic nitrogens is 2. The standard InChI is InChI=1S/C17H15F3N4O5/c1-2-28-16(27)23-8-12(25)24(13(26)9-23)7-10-3-5-11(6-4-10)14-21-15(29-22-14)17(18,19)20/h3-6H,2,7-9H2,1H3. The SMILES string of the molecule is CCOC(=O)N1CC(=O)N(Cc2ccc(-c3noc(C(F)(F)F)n3)cc2)C(=O)C1. The summed E-state index contributed by atoms with van der Waals surface area (Å²) in [5, 5.41) is 3.29. The molecule has 0 radical (unpaired) electrons. The quantitative estimate of drug-likeness (QED) is 0.708. The number of nitrogens with zero attached hydrogens (tertiary/aromatic N) is 4. The molecule has 1 aliphatic heterocycles. The van der Waals surface area contributed by atoms with E-state index in [0.29, 0.717) is 5.56 Å². The highest BCUT2D eigenvalue weighted by Gasteiger charge is 2.38. The van der Waals surface area contributed by atoms with Crippen molar-refractivity contribution in [2.24, 2.45) is 0 Å². The van der Waals surface area contributed by atoms with Gasteiger partial charge in [-0.2, -0.15) is 18.2 Å². The number of piperazine rings is 1. The Hall–Kier alpha value is -3.44. The summed E-state index contributed by atoms with van der Waals surface area (Å²) in [4.78, 5) is 41.4. The van der Waals surface area contributed by atoms with Gasteiger partial charge in [-0.05, 0) is 12.5 Å². The van der Waals surface area contributed by atoms with Crippen LogP contribution >= 0.6 is 0 Å². The molecular weight excluding hydrogens is 397 g/mol. The summed E-state index contributed by atoms with van der Waals surface area (Å²) in [6.07, 6.45) is -5.48. The van der Waals surface area contributed by atoms with E-state index in [9.17, 15) is 27.6 Å². The number of alkyl halides is 3. The number of carbonyl (C=O) groups excluding carboxylic acids is 3. The Kier molecular flexibility index (Phi) is 5.52. The molecule has 0 N–H and O–H groups in total. The number of benzene rings is 1. The highest BCUT2D eigenvalue weighted by atomic mass is 19.4. The molecule has 2 aromatic rings. The maximum absolute atomic E-state index is 12.5.